The topological polar surface area (TPSA) is 149 Å². The molecule has 0 bridgehead atoms. The Morgan fingerprint density at radius 2 is 0.826 bits per heavy atom. The molecule has 0 saturated carbocycles. The van der Waals surface area contributed by atoms with E-state index in [0.29, 0.717) is 24.3 Å². The van der Waals surface area contributed by atoms with Gasteiger partial charge in [0.15, 0.2) is 11.6 Å². The van der Waals surface area contributed by atoms with E-state index in [2.05, 4.69) is 0 Å². The van der Waals surface area contributed by atoms with E-state index in [4.69, 9.17) is 0 Å². The van der Waals surface area contributed by atoms with Crippen LogP contribution in [0.5, 0.6) is 0 Å². The van der Waals surface area contributed by atoms with Gasteiger partial charge in [-0.25, -0.2) is 16.8 Å². The number of carbonyl (C=O) groups is 2. The third-order valence-corrected chi connectivity index (χ3v) is 8.92. The first-order valence-corrected chi connectivity index (χ1v) is 15.5. The monoisotopic (exact) mass is 726 g/mol. The minimum Gasteiger partial charge on any atom is -0.747 e. The van der Waals surface area contributed by atoms with Gasteiger partial charge in [-0.15, -0.1) is 0 Å². The van der Waals surface area contributed by atoms with Crippen LogP contribution in [0.1, 0.15) is 71.4 Å². The zero-order chi connectivity index (χ0) is 34.1. The Morgan fingerprint density at radius 3 is 1.02 bits per heavy atom. The van der Waals surface area contributed by atoms with Gasteiger partial charge in [0.05, 0.1) is 0 Å². The largest absolute Gasteiger partial charge is 1.00 e. The number of alkyl halides is 8. The molecule has 46 heavy (non-hydrogen) atoms. The van der Waals surface area contributed by atoms with Crippen molar-refractivity contribution in [3.63, 3.8) is 0 Å². The maximum atomic E-state index is 14.8. The Kier molecular flexibility index (Phi) is 15.8. The van der Waals surface area contributed by atoms with Gasteiger partial charge in [-0.05, 0) is 12.8 Å². The summed E-state index contributed by atoms with van der Waals surface area (Å²) in [6, 6.07) is 1.40. The van der Waals surface area contributed by atoms with Gasteiger partial charge >= 0.3 is 82.8 Å². The number of hydrogen-bond donors (Lipinski definition) is 0. The van der Waals surface area contributed by atoms with Crippen molar-refractivity contribution in [3.05, 3.63) is 70.8 Å². The van der Waals surface area contributed by atoms with Crippen LogP contribution >= 0.6 is 0 Å². The molecule has 2 rings (SSSR count). The molecule has 0 saturated heterocycles. The van der Waals surface area contributed by atoms with Gasteiger partial charge in [-0.1, -0.05) is 75.2 Å². The standard InChI is InChI=1S/C26H26F8O8S2.2Na/c1-3-5-19(43(37,38)39)21(35)15-7-11-17(12-8-15)23(27,28)25(31,32)26(33,34)24(29,30)18-13-9-16(10-14-18)22(36)20(6-4-2)44(40,41)42;;/h7-14,19-20H,3-6H2,1-2H3,(H,37,38,39)(H,40,41,42);;/q;2*+1/p-2. The second-order valence-electron chi connectivity index (χ2n) is 9.72. The van der Waals surface area contributed by atoms with Crippen LogP contribution in [-0.2, 0) is 32.1 Å². The second-order valence-corrected chi connectivity index (χ2v) is 12.8. The van der Waals surface area contributed by atoms with Crippen molar-refractivity contribution < 1.29 is 130 Å². The van der Waals surface area contributed by atoms with Crippen LogP contribution in [0.4, 0.5) is 35.1 Å². The van der Waals surface area contributed by atoms with E-state index in [1.165, 1.54) is 13.8 Å². The predicted octanol–water partition coefficient (Wildman–Crippen LogP) is -0.358. The predicted molar refractivity (Wildman–Crippen MR) is 136 cm³/mol. The van der Waals surface area contributed by atoms with Crippen LogP contribution in [0.2, 0.25) is 0 Å². The maximum absolute atomic E-state index is 14.8. The summed E-state index contributed by atoms with van der Waals surface area (Å²) in [7, 11) is -10.5. The van der Waals surface area contributed by atoms with E-state index in [9.17, 15) is 70.7 Å². The van der Waals surface area contributed by atoms with Crippen molar-refractivity contribution in [1.29, 1.82) is 0 Å². The molecule has 0 aliphatic rings. The van der Waals surface area contributed by atoms with Gasteiger partial charge in [0.1, 0.15) is 30.7 Å². The molecule has 0 fully saturated rings. The molecular formula is C26H24F8Na2O8S2. The van der Waals surface area contributed by atoms with Gasteiger partial charge in [-0.3, -0.25) is 9.59 Å². The Bertz CT molecular complexity index is 1470. The summed E-state index contributed by atoms with van der Waals surface area (Å²) >= 11 is 0. The summed E-state index contributed by atoms with van der Waals surface area (Å²) in [4.78, 5) is 24.7. The summed E-state index contributed by atoms with van der Waals surface area (Å²) < 4.78 is 186. The molecule has 0 radical (unpaired) electrons. The third-order valence-electron chi connectivity index (χ3n) is 6.63. The summed E-state index contributed by atoms with van der Waals surface area (Å²) in [6.07, 6.45) is -0.920. The number of rotatable bonds is 15. The molecular weight excluding hydrogens is 702 g/mol. The first-order chi connectivity index (χ1) is 19.9. The Balaban J connectivity index is 0.0000101. The number of halogens is 8. The first-order valence-electron chi connectivity index (χ1n) is 12.6. The van der Waals surface area contributed by atoms with Crippen molar-refractivity contribution >= 4 is 31.8 Å². The normalized spacial score (nSPS) is 14.4. The molecule has 2 unspecified atom stereocenters. The molecule has 0 aliphatic heterocycles. The molecule has 0 amide bonds. The van der Waals surface area contributed by atoms with E-state index in [0.717, 1.165) is 0 Å². The SMILES string of the molecule is CCCC(C(=O)c1ccc(C(F)(F)C(F)(F)C(F)(F)C(F)(F)c2ccc(C(=O)C(CCC)S(=O)(=O)[O-])cc2)cc1)S(=O)(=O)[O-].[Na+].[Na+]. The zero-order valence-electron chi connectivity index (χ0n) is 24.7. The fourth-order valence-corrected chi connectivity index (χ4v) is 6.00. The van der Waals surface area contributed by atoms with Crippen LogP contribution in [0.3, 0.4) is 0 Å². The second kappa shape index (κ2) is 16.2. The average molecular weight is 727 g/mol. The molecule has 20 heteroatoms. The van der Waals surface area contributed by atoms with Crippen molar-refractivity contribution in [2.24, 2.45) is 0 Å². The number of hydrogen-bond acceptors (Lipinski definition) is 8. The molecule has 0 aromatic heterocycles. The summed E-state index contributed by atoms with van der Waals surface area (Å²) in [5.74, 6) is -28.5. The minimum atomic E-state index is -6.82. The van der Waals surface area contributed by atoms with Crippen molar-refractivity contribution in [2.45, 2.75) is 73.7 Å². The quantitative estimate of drug-likeness (QED) is 0.105. The molecule has 0 N–H and O–H groups in total. The number of Topliss-reactive ketones (excluding diaryl/α,β-unsaturated/α-hetero) is 2. The fraction of sp³-hybridized carbons (Fsp3) is 0.462. The number of benzene rings is 2. The van der Waals surface area contributed by atoms with Crippen molar-refractivity contribution in [2.75, 3.05) is 0 Å². The molecule has 0 spiro atoms. The van der Waals surface area contributed by atoms with Gasteiger partial charge in [-0.2, -0.15) is 35.1 Å². The summed E-state index contributed by atoms with van der Waals surface area (Å²) in [5, 5.41) is -4.32. The van der Waals surface area contributed by atoms with Gasteiger partial charge in [0.2, 0.25) is 0 Å². The average Bonchev–Trinajstić information content (AvgIpc) is 2.92. The van der Waals surface area contributed by atoms with Gasteiger partial charge in [0, 0.05) is 22.3 Å². The van der Waals surface area contributed by atoms with Crippen LogP contribution in [0, 0.1) is 0 Å². The minimum absolute atomic E-state index is 0. The van der Waals surface area contributed by atoms with Crippen LogP contribution in [0.25, 0.3) is 0 Å². The molecule has 2 atom stereocenters. The van der Waals surface area contributed by atoms with Gasteiger partial charge < -0.3 is 9.11 Å². The smallest absolute Gasteiger partial charge is 0.747 e. The number of carbonyl (C=O) groups excluding carboxylic acids is 2. The Labute approximate surface area is 303 Å². The van der Waals surface area contributed by atoms with Crippen LogP contribution < -0.4 is 59.1 Å². The number of ketones is 2. The molecule has 2 aromatic rings. The molecule has 246 valence electrons. The van der Waals surface area contributed by atoms with E-state index in [1.807, 2.05) is 0 Å². The molecule has 0 heterocycles. The van der Waals surface area contributed by atoms with E-state index < -0.39 is 101 Å². The first kappa shape index (κ1) is 45.0. The summed E-state index contributed by atoms with van der Waals surface area (Å²) in [5.41, 5.74) is -5.39. The fourth-order valence-electron chi connectivity index (χ4n) is 4.15. The van der Waals surface area contributed by atoms with Crippen molar-refractivity contribution in [3.8, 4) is 0 Å². The van der Waals surface area contributed by atoms with E-state index >= 15 is 0 Å². The molecule has 8 nitrogen and oxygen atoms in total. The summed E-state index contributed by atoms with van der Waals surface area (Å²) in [6.45, 7) is 2.82. The molecule has 0 aliphatic carbocycles. The van der Waals surface area contributed by atoms with Gasteiger partial charge in [0.25, 0.3) is 0 Å². The van der Waals surface area contributed by atoms with E-state index in [1.54, 1.807) is 0 Å². The van der Waals surface area contributed by atoms with E-state index in [-0.39, 0.29) is 96.2 Å². The maximum Gasteiger partial charge on any atom is 1.00 e. The van der Waals surface area contributed by atoms with Crippen LogP contribution in [-0.4, -0.2) is 59.9 Å². The Hall–Kier alpha value is -0.960. The Morgan fingerprint density at radius 1 is 0.587 bits per heavy atom. The third kappa shape index (κ3) is 8.98. The van der Waals surface area contributed by atoms with Crippen LogP contribution in [0.15, 0.2) is 48.5 Å². The zero-order valence-corrected chi connectivity index (χ0v) is 30.3. The molecule has 2 aromatic carbocycles. The van der Waals surface area contributed by atoms with Crippen molar-refractivity contribution in [1.82, 2.24) is 0 Å².